The van der Waals surface area contributed by atoms with Gasteiger partial charge in [-0.1, -0.05) is 20.8 Å². The largest absolute Gasteiger partial charge is 0.357 e. The van der Waals surface area contributed by atoms with Gasteiger partial charge in [0, 0.05) is 7.05 Å². The molecule has 0 heterocycles. The Morgan fingerprint density at radius 2 is 1.88 bits per heavy atom. The van der Waals surface area contributed by atoms with Crippen molar-refractivity contribution in [1.82, 2.24) is 10.6 Å². The zero-order chi connectivity index (χ0) is 13.6. The topological polar surface area (TPSA) is 84.2 Å². The number of amides is 2. The van der Waals surface area contributed by atoms with E-state index in [1.54, 1.807) is 14.0 Å². The summed E-state index contributed by atoms with van der Waals surface area (Å²) in [5.74, 6) is -0.142. The van der Waals surface area contributed by atoms with Crippen LogP contribution in [0, 0.1) is 5.92 Å². The molecule has 0 radical (unpaired) electrons. The summed E-state index contributed by atoms with van der Waals surface area (Å²) in [7, 11) is 1.56. The summed E-state index contributed by atoms with van der Waals surface area (Å²) in [6.45, 7) is 7.52. The molecule has 0 aromatic carbocycles. The monoisotopic (exact) mass is 243 g/mol. The van der Waals surface area contributed by atoms with Crippen LogP contribution < -0.4 is 16.4 Å². The molecule has 17 heavy (non-hydrogen) atoms. The lowest BCUT2D eigenvalue weighted by Gasteiger charge is -2.26. The first-order chi connectivity index (χ1) is 7.74. The second-order valence-corrected chi connectivity index (χ2v) is 5.04. The Morgan fingerprint density at radius 3 is 2.24 bits per heavy atom. The Morgan fingerprint density at radius 1 is 1.35 bits per heavy atom. The number of carbonyl (C=O) groups is 2. The van der Waals surface area contributed by atoms with Crippen LogP contribution in [0.2, 0.25) is 0 Å². The minimum Gasteiger partial charge on any atom is -0.357 e. The molecule has 0 aliphatic heterocycles. The van der Waals surface area contributed by atoms with Crippen LogP contribution in [0.3, 0.4) is 0 Å². The third-order valence-electron chi connectivity index (χ3n) is 2.83. The molecule has 0 spiro atoms. The predicted octanol–water partition coefficient (Wildman–Crippen LogP) is 0.391. The SMILES string of the molecule is CCC(C)(N)C(=O)NC(CC(C)C)C(=O)NC. The highest BCUT2D eigenvalue weighted by Crippen LogP contribution is 2.09. The van der Waals surface area contributed by atoms with Crippen molar-refractivity contribution >= 4 is 11.8 Å². The lowest BCUT2D eigenvalue weighted by atomic mass is 9.97. The van der Waals surface area contributed by atoms with Gasteiger partial charge in [-0.2, -0.15) is 0 Å². The van der Waals surface area contributed by atoms with Crippen molar-refractivity contribution < 1.29 is 9.59 Å². The smallest absolute Gasteiger partial charge is 0.242 e. The standard InChI is InChI=1S/C12H25N3O2/c1-6-12(4,13)11(17)15-9(7-8(2)3)10(16)14-5/h8-9H,6-7,13H2,1-5H3,(H,14,16)(H,15,17). The van der Waals surface area contributed by atoms with Gasteiger partial charge in [0.1, 0.15) is 6.04 Å². The van der Waals surface area contributed by atoms with Crippen LogP contribution in [0.15, 0.2) is 0 Å². The van der Waals surface area contributed by atoms with Gasteiger partial charge in [-0.05, 0) is 25.7 Å². The lowest BCUT2D eigenvalue weighted by molar-refractivity contribution is -0.131. The fourth-order valence-corrected chi connectivity index (χ4v) is 1.36. The first-order valence-electron chi connectivity index (χ1n) is 6.06. The number of nitrogens with one attached hydrogen (secondary N) is 2. The molecule has 0 saturated carbocycles. The van der Waals surface area contributed by atoms with E-state index in [0.29, 0.717) is 18.8 Å². The van der Waals surface area contributed by atoms with Crippen molar-refractivity contribution in [2.24, 2.45) is 11.7 Å². The minimum absolute atomic E-state index is 0.182. The van der Waals surface area contributed by atoms with E-state index >= 15 is 0 Å². The second-order valence-electron chi connectivity index (χ2n) is 5.04. The maximum Gasteiger partial charge on any atom is 0.242 e. The van der Waals surface area contributed by atoms with Crippen molar-refractivity contribution in [3.8, 4) is 0 Å². The fourth-order valence-electron chi connectivity index (χ4n) is 1.36. The molecule has 0 fully saturated rings. The van der Waals surface area contributed by atoms with Crippen LogP contribution in [0.25, 0.3) is 0 Å². The third-order valence-corrected chi connectivity index (χ3v) is 2.83. The number of nitrogens with two attached hydrogens (primary N) is 1. The van der Waals surface area contributed by atoms with E-state index < -0.39 is 11.6 Å². The fraction of sp³-hybridized carbons (Fsp3) is 0.833. The highest BCUT2D eigenvalue weighted by molar-refractivity contribution is 5.91. The average Bonchev–Trinajstić information content (AvgIpc) is 2.26. The summed E-state index contributed by atoms with van der Waals surface area (Å²) in [4.78, 5) is 23.5. The van der Waals surface area contributed by atoms with Crippen LogP contribution in [0.5, 0.6) is 0 Å². The van der Waals surface area contributed by atoms with E-state index in [1.165, 1.54) is 0 Å². The van der Waals surface area contributed by atoms with Crippen molar-refractivity contribution in [3.05, 3.63) is 0 Å². The summed E-state index contributed by atoms with van der Waals surface area (Å²) in [5, 5.41) is 5.27. The van der Waals surface area contributed by atoms with E-state index in [-0.39, 0.29) is 11.8 Å². The molecule has 0 aromatic heterocycles. The molecular weight excluding hydrogens is 218 g/mol. The van der Waals surface area contributed by atoms with Crippen molar-refractivity contribution in [3.63, 3.8) is 0 Å². The van der Waals surface area contributed by atoms with E-state index in [2.05, 4.69) is 10.6 Å². The molecule has 5 nitrogen and oxygen atoms in total. The van der Waals surface area contributed by atoms with Gasteiger partial charge in [-0.25, -0.2) is 0 Å². The second kappa shape index (κ2) is 6.59. The number of hydrogen-bond donors (Lipinski definition) is 3. The van der Waals surface area contributed by atoms with Crippen LogP contribution >= 0.6 is 0 Å². The minimum atomic E-state index is -0.927. The summed E-state index contributed by atoms with van der Waals surface area (Å²) in [5.41, 5.74) is 4.91. The van der Waals surface area contributed by atoms with Gasteiger partial charge in [0.25, 0.3) is 0 Å². The molecular formula is C12H25N3O2. The molecule has 100 valence electrons. The molecule has 2 amide bonds. The molecule has 0 saturated heterocycles. The predicted molar refractivity (Wildman–Crippen MR) is 68.3 cm³/mol. The molecule has 4 N–H and O–H groups in total. The molecule has 0 aliphatic rings. The van der Waals surface area contributed by atoms with Gasteiger partial charge >= 0.3 is 0 Å². The average molecular weight is 243 g/mol. The van der Waals surface area contributed by atoms with Crippen LogP contribution in [0.1, 0.15) is 40.5 Å². The number of carbonyl (C=O) groups excluding carboxylic acids is 2. The number of likely N-dealkylation sites (N-methyl/N-ethyl adjacent to an activating group) is 1. The Kier molecular flexibility index (Phi) is 6.16. The molecule has 0 aliphatic carbocycles. The summed E-state index contributed by atoms with van der Waals surface area (Å²) >= 11 is 0. The first-order valence-corrected chi connectivity index (χ1v) is 6.06. The van der Waals surface area contributed by atoms with Gasteiger partial charge < -0.3 is 16.4 Å². The molecule has 2 unspecified atom stereocenters. The van der Waals surface area contributed by atoms with Gasteiger partial charge in [-0.3, -0.25) is 9.59 Å². The Hall–Kier alpha value is -1.10. The van der Waals surface area contributed by atoms with E-state index in [1.807, 2.05) is 20.8 Å². The maximum absolute atomic E-state index is 11.9. The molecule has 0 bridgehead atoms. The lowest BCUT2D eigenvalue weighted by Crippen LogP contribution is -2.57. The number of hydrogen-bond acceptors (Lipinski definition) is 3. The molecule has 0 rings (SSSR count). The van der Waals surface area contributed by atoms with Crippen LogP contribution in [-0.4, -0.2) is 30.4 Å². The third kappa shape index (κ3) is 5.17. The zero-order valence-electron chi connectivity index (χ0n) is 11.5. The van der Waals surface area contributed by atoms with Gasteiger partial charge in [0.2, 0.25) is 11.8 Å². The summed E-state index contributed by atoms with van der Waals surface area (Å²) in [6.07, 6.45) is 1.13. The highest BCUT2D eigenvalue weighted by atomic mass is 16.2. The Labute approximate surface area is 104 Å². The normalized spacial score (nSPS) is 16.2. The van der Waals surface area contributed by atoms with Crippen molar-refractivity contribution in [2.45, 2.75) is 52.1 Å². The highest BCUT2D eigenvalue weighted by Gasteiger charge is 2.30. The van der Waals surface area contributed by atoms with E-state index in [9.17, 15) is 9.59 Å². The van der Waals surface area contributed by atoms with E-state index in [4.69, 9.17) is 5.73 Å². The van der Waals surface area contributed by atoms with Gasteiger partial charge in [-0.15, -0.1) is 0 Å². The molecule has 2 atom stereocenters. The first kappa shape index (κ1) is 15.9. The van der Waals surface area contributed by atoms with Crippen molar-refractivity contribution in [1.29, 1.82) is 0 Å². The van der Waals surface area contributed by atoms with Gasteiger partial charge in [0.05, 0.1) is 5.54 Å². The Balaban J connectivity index is 4.64. The van der Waals surface area contributed by atoms with Crippen LogP contribution in [0.4, 0.5) is 0 Å². The van der Waals surface area contributed by atoms with Crippen LogP contribution in [-0.2, 0) is 9.59 Å². The molecule has 0 aromatic rings. The van der Waals surface area contributed by atoms with E-state index in [0.717, 1.165) is 0 Å². The van der Waals surface area contributed by atoms with Gasteiger partial charge in [0.15, 0.2) is 0 Å². The summed E-state index contributed by atoms with van der Waals surface area (Å²) in [6, 6.07) is -0.512. The van der Waals surface area contributed by atoms with Crippen molar-refractivity contribution in [2.75, 3.05) is 7.05 Å². The summed E-state index contributed by atoms with van der Waals surface area (Å²) < 4.78 is 0. The zero-order valence-corrected chi connectivity index (χ0v) is 11.5. The number of rotatable bonds is 6. The quantitative estimate of drug-likeness (QED) is 0.631. The maximum atomic E-state index is 11.9. The molecule has 5 heteroatoms. The Bertz CT molecular complexity index is 275.